The molecule has 28 heavy (non-hydrogen) atoms. The molecule has 1 fully saturated rings. The number of hydrogen-bond acceptors (Lipinski definition) is 5. The molecule has 1 aliphatic rings. The van der Waals surface area contributed by atoms with Crippen molar-refractivity contribution in [1.82, 2.24) is 14.6 Å². The molecule has 1 aliphatic heterocycles. The van der Waals surface area contributed by atoms with Crippen molar-refractivity contribution in [2.24, 2.45) is 0 Å². The van der Waals surface area contributed by atoms with Crippen LogP contribution in [-0.2, 0) is 14.8 Å². The maximum Gasteiger partial charge on any atom is 0.407 e. The van der Waals surface area contributed by atoms with Crippen LogP contribution in [0, 0.1) is 0 Å². The van der Waals surface area contributed by atoms with Gasteiger partial charge in [0.05, 0.1) is 9.92 Å². The van der Waals surface area contributed by atoms with E-state index in [9.17, 15) is 13.2 Å². The predicted molar refractivity (Wildman–Crippen MR) is 108 cm³/mol. The van der Waals surface area contributed by atoms with Crippen LogP contribution < -0.4 is 5.32 Å². The molecule has 0 bridgehead atoms. The van der Waals surface area contributed by atoms with E-state index in [0.717, 1.165) is 0 Å². The van der Waals surface area contributed by atoms with Crippen LogP contribution in [0.2, 0.25) is 5.02 Å². The number of aromatic nitrogens is 1. The van der Waals surface area contributed by atoms with Gasteiger partial charge in [0.2, 0.25) is 10.0 Å². The number of nitrogens with zero attached hydrogens (tertiary/aromatic N) is 2. The zero-order chi connectivity index (χ0) is 20.5. The van der Waals surface area contributed by atoms with E-state index in [4.69, 9.17) is 16.3 Å². The van der Waals surface area contributed by atoms with Crippen LogP contribution in [0.3, 0.4) is 0 Å². The first kappa shape index (κ1) is 20.8. The summed E-state index contributed by atoms with van der Waals surface area (Å²) in [5.41, 5.74) is -0.613. The zero-order valence-corrected chi connectivity index (χ0v) is 17.7. The Morgan fingerprint density at radius 1 is 1.32 bits per heavy atom. The number of benzene rings is 1. The third-order valence-corrected chi connectivity index (χ3v) is 6.62. The summed E-state index contributed by atoms with van der Waals surface area (Å²) in [6, 6.07) is 4.68. The number of pyridine rings is 1. The number of alkyl carbamates (subject to hydrolysis) is 1. The van der Waals surface area contributed by atoms with Crippen LogP contribution >= 0.6 is 11.6 Å². The van der Waals surface area contributed by atoms with E-state index >= 15 is 0 Å². The van der Waals surface area contributed by atoms with Crippen molar-refractivity contribution in [3.8, 4) is 0 Å². The van der Waals surface area contributed by atoms with Crippen molar-refractivity contribution in [3.05, 3.63) is 35.6 Å². The van der Waals surface area contributed by atoms with E-state index in [2.05, 4.69) is 10.3 Å². The molecule has 9 heteroatoms. The first-order valence-corrected chi connectivity index (χ1v) is 10.9. The molecule has 7 nitrogen and oxygen atoms in total. The Labute approximate surface area is 170 Å². The number of hydrogen-bond donors (Lipinski definition) is 1. The maximum absolute atomic E-state index is 13.3. The normalized spacial score (nSPS) is 18.8. The Kier molecular flexibility index (Phi) is 5.84. The molecule has 1 saturated heterocycles. The van der Waals surface area contributed by atoms with E-state index < -0.39 is 21.7 Å². The molecule has 1 atom stereocenters. The molecule has 0 spiro atoms. The molecule has 0 radical (unpaired) electrons. The lowest BCUT2D eigenvalue weighted by Gasteiger charge is -2.33. The first-order chi connectivity index (χ1) is 13.1. The van der Waals surface area contributed by atoms with Crippen LogP contribution in [0.1, 0.15) is 33.6 Å². The molecule has 1 aromatic carbocycles. The smallest absolute Gasteiger partial charge is 0.407 e. The third-order valence-electron chi connectivity index (χ3n) is 4.42. The van der Waals surface area contributed by atoms with E-state index in [1.807, 2.05) is 0 Å². The summed E-state index contributed by atoms with van der Waals surface area (Å²) in [5, 5.41) is 4.18. The van der Waals surface area contributed by atoms with Crippen molar-refractivity contribution in [3.63, 3.8) is 0 Å². The lowest BCUT2D eigenvalue weighted by Crippen LogP contribution is -2.50. The van der Waals surface area contributed by atoms with Crippen molar-refractivity contribution < 1.29 is 17.9 Å². The van der Waals surface area contributed by atoms with Crippen molar-refractivity contribution in [2.45, 2.75) is 50.2 Å². The molecular formula is C19H24ClN3O4S. The molecule has 0 saturated carbocycles. The molecule has 2 aromatic rings. The lowest BCUT2D eigenvalue weighted by molar-refractivity contribution is 0.0487. The topological polar surface area (TPSA) is 88.6 Å². The van der Waals surface area contributed by atoms with E-state index in [1.54, 1.807) is 45.2 Å². The molecule has 0 unspecified atom stereocenters. The molecule has 0 aliphatic carbocycles. The molecule has 2 heterocycles. The van der Waals surface area contributed by atoms with Gasteiger partial charge in [-0.15, -0.1) is 0 Å². The zero-order valence-electron chi connectivity index (χ0n) is 16.1. The summed E-state index contributed by atoms with van der Waals surface area (Å²) in [6.07, 6.45) is 3.80. The molecule has 1 N–H and O–H groups in total. The van der Waals surface area contributed by atoms with Crippen molar-refractivity contribution >= 4 is 38.5 Å². The second-order valence-corrected chi connectivity index (χ2v) is 10.1. The van der Waals surface area contributed by atoms with Crippen molar-refractivity contribution in [2.75, 3.05) is 13.1 Å². The van der Waals surface area contributed by atoms with Crippen LogP contribution in [0.4, 0.5) is 4.79 Å². The Morgan fingerprint density at radius 2 is 2.07 bits per heavy atom. The Hall–Kier alpha value is -1.90. The first-order valence-electron chi connectivity index (χ1n) is 9.10. The molecule has 1 aromatic heterocycles. The molecule has 1 amide bonds. The Bertz CT molecular complexity index is 983. The quantitative estimate of drug-likeness (QED) is 0.812. The van der Waals surface area contributed by atoms with Crippen LogP contribution in [0.25, 0.3) is 10.8 Å². The van der Waals surface area contributed by atoms with Gasteiger partial charge < -0.3 is 10.1 Å². The Morgan fingerprint density at radius 3 is 2.79 bits per heavy atom. The highest BCUT2D eigenvalue weighted by Crippen LogP contribution is 2.31. The largest absolute Gasteiger partial charge is 0.444 e. The summed E-state index contributed by atoms with van der Waals surface area (Å²) in [4.78, 5) is 16.2. The van der Waals surface area contributed by atoms with Gasteiger partial charge in [0.1, 0.15) is 5.60 Å². The highest BCUT2D eigenvalue weighted by Gasteiger charge is 2.33. The van der Waals surface area contributed by atoms with Gasteiger partial charge in [-0.1, -0.05) is 23.7 Å². The number of fused-ring (bicyclic) bond motifs is 1. The second kappa shape index (κ2) is 7.85. The third kappa shape index (κ3) is 4.56. The minimum atomic E-state index is -3.79. The number of carbonyl (C=O) groups is 1. The lowest BCUT2D eigenvalue weighted by atomic mass is 10.1. The standard InChI is InChI=1S/C19H24ClN3O4S/c1-19(2,3)27-18(24)22-14-7-5-9-23(12-14)28(25,26)16-8-4-6-13-10-21-11-15(20)17(13)16/h4,6,8,10-11,14H,5,7,9,12H2,1-3H3,(H,22,24)/t14-/m0/s1. The highest BCUT2D eigenvalue weighted by atomic mass is 35.5. The van der Waals surface area contributed by atoms with Gasteiger partial charge in [-0.25, -0.2) is 13.2 Å². The Balaban J connectivity index is 1.84. The number of sulfonamides is 1. The predicted octanol–water partition coefficient (Wildman–Crippen LogP) is 3.57. The number of piperidine rings is 1. The van der Waals surface area contributed by atoms with Crippen LogP contribution in [0.15, 0.2) is 35.5 Å². The molecular weight excluding hydrogens is 402 g/mol. The maximum atomic E-state index is 13.3. The summed E-state index contributed by atoms with van der Waals surface area (Å²) in [5.74, 6) is 0. The number of ether oxygens (including phenoxy) is 1. The van der Waals surface area contributed by atoms with E-state index in [-0.39, 0.29) is 22.5 Å². The fraction of sp³-hybridized carbons (Fsp3) is 0.474. The summed E-state index contributed by atoms with van der Waals surface area (Å²) >= 11 is 6.25. The minimum Gasteiger partial charge on any atom is -0.444 e. The molecule has 3 rings (SSSR count). The minimum absolute atomic E-state index is 0.148. The number of carbonyl (C=O) groups excluding carboxylic acids is 1. The second-order valence-electron chi connectivity index (χ2n) is 7.82. The van der Waals surface area contributed by atoms with Gasteiger partial charge in [0.15, 0.2) is 0 Å². The average molecular weight is 426 g/mol. The number of amides is 1. The van der Waals surface area contributed by atoms with Crippen LogP contribution in [0.5, 0.6) is 0 Å². The van der Waals surface area contributed by atoms with E-state index in [1.165, 1.54) is 10.5 Å². The fourth-order valence-corrected chi connectivity index (χ4v) is 5.35. The van der Waals surface area contributed by atoms with Crippen LogP contribution in [-0.4, -0.2) is 48.5 Å². The van der Waals surface area contributed by atoms with Crippen molar-refractivity contribution in [1.29, 1.82) is 0 Å². The van der Waals surface area contributed by atoms with Gasteiger partial charge in [0, 0.05) is 42.3 Å². The summed E-state index contributed by atoms with van der Waals surface area (Å²) in [7, 11) is -3.79. The van der Waals surface area contributed by atoms with Gasteiger partial charge in [-0.2, -0.15) is 4.31 Å². The molecule has 152 valence electrons. The number of rotatable bonds is 3. The fourth-order valence-electron chi connectivity index (χ4n) is 3.27. The van der Waals surface area contributed by atoms with Gasteiger partial charge in [-0.3, -0.25) is 4.98 Å². The SMILES string of the molecule is CC(C)(C)OC(=O)N[C@H]1CCCN(S(=O)(=O)c2cccc3cncc(Cl)c23)C1. The van der Waals surface area contributed by atoms with Gasteiger partial charge in [-0.05, 0) is 39.7 Å². The summed E-state index contributed by atoms with van der Waals surface area (Å²) < 4.78 is 33.3. The number of nitrogens with one attached hydrogen (secondary N) is 1. The monoisotopic (exact) mass is 425 g/mol. The average Bonchev–Trinajstić information content (AvgIpc) is 2.60. The highest BCUT2D eigenvalue weighted by molar-refractivity contribution is 7.89. The van der Waals surface area contributed by atoms with Gasteiger partial charge >= 0.3 is 6.09 Å². The van der Waals surface area contributed by atoms with Gasteiger partial charge in [0.25, 0.3) is 0 Å². The summed E-state index contributed by atoms with van der Waals surface area (Å²) in [6.45, 7) is 5.91. The number of halogens is 1. The van der Waals surface area contributed by atoms with E-state index in [0.29, 0.717) is 30.2 Å².